The molecular weight excluding hydrogens is 258 g/mol. The summed E-state index contributed by atoms with van der Waals surface area (Å²) in [7, 11) is 0. The fourth-order valence-electron chi connectivity index (χ4n) is 1.65. The average molecular weight is 271 g/mol. The zero-order chi connectivity index (χ0) is 13.7. The highest BCUT2D eigenvalue weighted by atomic mass is 32.2. The van der Waals surface area contributed by atoms with Crippen LogP contribution in [-0.4, -0.2) is 10.4 Å². The first-order valence-electron chi connectivity index (χ1n) is 5.64. The lowest BCUT2D eigenvalue weighted by molar-refractivity contribution is 0.267. The van der Waals surface area contributed by atoms with Gasteiger partial charge in [0.25, 0.3) is 5.24 Å². The Morgan fingerprint density at radius 2 is 1.37 bits per heavy atom. The maximum absolute atomic E-state index is 12.2. The Bertz CT molecular complexity index is 532. The number of hydrogen-bond donors (Lipinski definition) is 2. The van der Waals surface area contributed by atoms with Gasteiger partial charge in [0.15, 0.2) is 5.17 Å². The molecule has 96 valence electrons. The maximum Gasteiger partial charge on any atom is 0.298 e. The highest BCUT2D eigenvalue weighted by molar-refractivity contribution is 8.26. The van der Waals surface area contributed by atoms with Crippen molar-refractivity contribution in [2.24, 2.45) is 5.73 Å². The topological polar surface area (TPSA) is 70.2 Å². The Labute approximate surface area is 115 Å². The van der Waals surface area contributed by atoms with Crippen molar-refractivity contribution in [2.75, 3.05) is 4.90 Å². The van der Waals surface area contributed by atoms with Gasteiger partial charge in [0.05, 0.1) is 0 Å². The van der Waals surface area contributed by atoms with E-state index in [1.807, 2.05) is 60.7 Å². The lowest BCUT2D eigenvalue weighted by Gasteiger charge is -2.22. The molecule has 5 heteroatoms. The van der Waals surface area contributed by atoms with E-state index in [1.165, 1.54) is 4.90 Å². The van der Waals surface area contributed by atoms with Crippen LogP contribution in [-0.2, 0) is 0 Å². The van der Waals surface area contributed by atoms with E-state index in [9.17, 15) is 4.79 Å². The number of rotatable bonds is 2. The van der Waals surface area contributed by atoms with Gasteiger partial charge in [-0.3, -0.25) is 15.1 Å². The third-order valence-corrected chi connectivity index (χ3v) is 2.99. The summed E-state index contributed by atoms with van der Waals surface area (Å²) in [5, 5.41) is 6.71. The fraction of sp³-hybridized carbons (Fsp3) is 0. The summed E-state index contributed by atoms with van der Waals surface area (Å²) in [6.45, 7) is 0. The van der Waals surface area contributed by atoms with Crippen LogP contribution in [0.3, 0.4) is 0 Å². The predicted molar refractivity (Wildman–Crippen MR) is 79.9 cm³/mol. The first kappa shape index (κ1) is 13.2. The summed E-state index contributed by atoms with van der Waals surface area (Å²) in [6, 6.07) is 18.6. The summed E-state index contributed by atoms with van der Waals surface area (Å²) in [6.07, 6.45) is 0. The van der Waals surface area contributed by atoms with Gasteiger partial charge in [-0.15, -0.1) is 0 Å². The molecule has 0 bridgehead atoms. The van der Waals surface area contributed by atoms with Gasteiger partial charge in [-0.2, -0.15) is 0 Å². The Hall–Kier alpha value is -2.27. The number of hydrogen-bond acceptors (Lipinski definition) is 3. The van der Waals surface area contributed by atoms with Crippen LogP contribution in [0, 0.1) is 5.41 Å². The SMILES string of the molecule is N=C(N)SC(=O)N(c1ccccc1)c1ccccc1. The Balaban J connectivity index is 2.40. The monoisotopic (exact) mass is 271 g/mol. The molecule has 0 saturated heterocycles. The molecule has 3 N–H and O–H groups in total. The van der Waals surface area contributed by atoms with Crippen LogP contribution in [0.2, 0.25) is 0 Å². The number of amides is 1. The number of anilines is 2. The molecule has 2 rings (SSSR count). The largest absolute Gasteiger partial charge is 0.378 e. The first-order chi connectivity index (χ1) is 9.18. The first-order valence-corrected chi connectivity index (χ1v) is 6.46. The molecular formula is C14H13N3OS. The zero-order valence-electron chi connectivity index (χ0n) is 10.1. The predicted octanol–water partition coefficient (Wildman–Crippen LogP) is 3.57. The molecule has 0 heterocycles. The smallest absolute Gasteiger partial charge is 0.298 e. The lowest BCUT2D eigenvalue weighted by Crippen LogP contribution is -2.24. The van der Waals surface area contributed by atoms with Crippen LogP contribution < -0.4 is 10.6 Å². The lowest BCUT2D eigenvalue weighted by atomic mass is 10.2. The number of thioether (sulfide) groups is 1. The summed E-state index contributed by atoms with van der Waals surface area (Å²) >= 11 is 0.700. The third kappa shape index (κ3) is 3.35. The van der Waals surface area contributed by atoms with Gasteiger partial charge in [-0.25, -0.2) is 0 Å². The number of carbonyl (C=O) groups is 1. The van der Waals surface area contributed by atoms with Gasteiger partial charge < -0.3 is 5.73 Å². The summed E-state index contributed by atoms with van der Waals surface area (Å²) in [5.41, 5.74) is 6.77. The van der Waals surface area contributed by atoms with Crippen LogP contribution in [0.25, 0.3) is 0 Å². The van der Waals surface area contributed by atoms with Crippen molar-refractivity contribution >= 4 is 33.5 Å². The van der Waals surface area contributed by atoms with Gasteiger partial charge in [-0.1, -0.05) is 36.4 Å². The molecule has 0 saturated carbocycles. The van der Waals surface area contributed by atoms with E-state index in [-0.39, 0.29) is 10.4 Å². The molecule has 2 aromatic rings. The molecule has 0 radical (unpaired) electrons. The van der Waals surface area contributed by atoms with E-state index in [0.717, 1.165) is 11.4 Å². The number of benzene rings is 2. The number of nitrogens with zero attached hydrogens (tertiary/aromatic N) is 1. The van der Waals surface area contributed by atoms with Gasteiger partial charge in [0.1, 0.15) is 0 Å². The number of amidine groups is 1. The van der Waals surface area contributed by atoms with Crippen molar-refractivity contribution in [3.63, 3.8) is 0 Å². The van der Waals surface area contributed by atoms with Crippen molar-refractivity contribution in [1.82, 2.24) is 0 Å². The summed E-state index contributed by atoms with van der Waals surface area (Å²) < 4.78 is 0. The van der Waals surface area contributed by atoms with Crippen LogP contribution >= 0.6 is 11.8 Å². The molecule has 0 fully saturated rings. The van der Waals surface area contributed by atoms with Crippen LogP contribution in [0.1, 0.15) is 0 Å². The molecule has 2 aromatic carbocycles. The molecule has 0 aliphatic rings. The Morgan fingerprint density at radius 1 is 0.947 bits per heavy atom. The number of nitrogens with two attached hydrogens (primary N) is 1. The molecule has 0 atom stereocenters. The minimum absolute atomic E-state index is 0.220. The molecule has 0 spiro atoms. The molecule has 0 aliphatic heterocycles. The van der Waals surface area contributed by atoms with E-state index in [1.54, 1.807) is 0 Å². The van der Waals surface area contributed by atoms with E-state index in [0.29, 0.717) is 11.8 Å². The maximum atomic E-state index is 12.2. The number of para-hydroxylation sites is 2. The van der Waals surface area contributed by atoms with Crippen LogP contribution in [0.4, 0.5) is 16.2 Å². The number of nitrogens with one attached hydrogen (secondary N) is 1. The summed E-state index contributed by atoms with van der Waals surface area (Å²) in [5.74, 6) is 0. The average Bonchev–Trinajstić information content (AvgIpc) is 2.40. The molecule has 4 nitrogen and oxygen atoms in total. The van der Waals surface area contributed by atoms with E-state index < -0.39 is 0 Å². The highest BCUT2D eigenvalue weighted by Gasteiger charge is 2.19. The van der Waals surface area contributed by atoms with E-state index in [4.69, 9.17) is 11.1 Å². The van der Waals surface area contributed by atoms with Gasteiger partial charge in [0, 0.05) is 23.1 Å². The molecule has 1 amide bonds. The Morgan fingerprint density at radius 3 is 1.74 bits per heavy atom. The van der Waals surface area contributed by atoms with Crippen molar-refractivity contribution in [3.8, 4) is 0 Å². The van der Waals surface area contributed by atoms with Gasteiger partial charge >= 0.3 is 0 Å². The van der Waals surface area contributed by atoms with Crippen LogP contribution in [0.5, 0.6) is 0 Å². The van der Waals surface area contributed by atoms with Crippen molar-refractivity contribution in [1.29, 1.82) is 5.41 Å². The van der Waals surface area contributed by atoms with Gasteiger partial charge in [0.2, 0.25) is 0 Å². The summed E-state index contributed by atoms with van der Waals surface area (Å²) in [4.78, 5) is 13.8. The second-order valence-corrected chi connectivity index (χ2v) is 4.73. The minimum Gasteiger partial charge on any atom is -0.378 e. The standard InChI is InChI=1S/C14H13N3OS/c15-13(16)19-14(18)17(11-7-3-1-4-8-11)12-9-5-2-6-10-12/h1-10H,(H3,15,16). The van der Waals surface area contributed by atoms with E-state index in [2.05, 4.69) is 0 Å². The zero-order valence-corrected chi connectivity index (χ0v) is 10.9. The molecule has 0 aliphatic carbocycles. The highest BCUT2D eigenvalue weighted by Crippen LogP contribution is 2.28. The molecule has 19 heavy (non-hydrogen) atoms. The quantitative estimate of drug-likeness (QED) is 0.648. The van der Waals surface area contributed by atoms with Crippen molar-refractivity contribution in [3.05, 3.63) is 60.7 Å². The van der Waals surface area contributed by atoms with Crippen molar-refractivity contribution < 1.29 is 4.79 Å². The Kier molecular flexibility index (Phi) is 4.20. The minimum atomic E-state index is -0.301. The third-order valence-electron chi connectivity index (χ3n) is 2.41. The number of carbonyl (C=O) groups excluding carboxylic acids is 1. The van der Waals surface area contributed by atoms with Crippen LogP contribution in [0.15, 0.2) is 60.7 Å². The fourth-order valence-corrected chi connectivity index (χ4v) is 2.14. The van der Waals surface area contributed by atoms with E-state index >= 15 is 0 Å². The molecule has 0 unspecified atom stereocenters. The second-order valence-electron chi connectivity index (χ2n) is 3.74. The second kappa shape index (κ2) is 6.06. The van der Waals surface area contributed by atoms with Gasteiger partial charge in [-0.05, 0) is 24.3 Å². The van der Waals surface area contributed by atoms with Crippen molar-refractivity contribution in [2.45, 2.75) is 0 Å². The molecule has 0 aromatic heterocycles. The normalized spacial score (nSPS) is 9.89.